The molecule has 0 aromatic heterocycles. The van der Waals surface area contributed by atoms with Gasteiger partial charge >= 0.3 is 17.8 Å². The third-order valence-electron chi connectivity index (χ3n) is 5.23. The fourth-order valence-corrected chi connectivity index (χ4v) is 4.42. The van der Waals surface area contributed by atoms with Crippen molar-refractivity contribution in [2.45, 2.75) is 24.4 Å². The van der Waals surface area contributed by atoms with Gasteiger partial charge in [0.25, 0.3) is 0 Å². The van der Waals surface area contributed by atoms with Crippen molar-refractivity contribution in [3.63, 3.8) is 0 Å². The van der Waals surface area contributed by atoms with E-state index in [0.717, 1.165) is 6.26 Å². The Kier molecular flexibility index (Phi) is 6.48. The lowest BCUT2D eigenvalue weighted by Gasteiger charge is -2.36. The third-order valence-corrected chi connectivity index (χ3v) is 6.54. The van der Waals surface area contributed by atoms with E-state index in [-0.39, 0.29) is 13.1 Å². The number of hydrogen-bond donors (Lipinski definition) is 3. The number of hydrogen-bond acceptors (Lipinski definition) is 7. The number of imide groups is 1. The molecule has 1 aromatic carbocycles. The highest BCUT2D eigenvalue weighted by Crippen LogP contribution is 2.18. The molecule has 0 radical (unpaired) electrons. The smallest absolute Gasteiger partial charge is 0.325 e. The molecular weight excluding hydrogens is 442 g/mol. The van der Waals surface area contributed by atoms with Crippen LogP contribution < -0.4 is 16.0 Å². The number of β-lactam (4-membered cyclic amide) rings is 1. The number of piperazine rings is 1. The Morgan fingerprint density at radius 1 is 1.12 bits per heavy atom. The second-order valence-electron chi connectivity index (χ2n) is 7.38. The minimum atomic E-state index is -3.67. The number of nitrogens with zero attached hydrogens (tertiary/aromatic N) is 2. The zero-order valence-electron chi connectivity index (χ0n) is 17.4. The number of sulfone groups is 1. The van der Waals surface area contributed by atoms with Gasteiger partial charge in [0, 0.05) is 25.9 Å². The van der Waals surface area contributed by atoms with Crippen molar-refractivity contribution < 1.29 is 32.4 Å². The molecule has 2 aliphatic heterocycles. The molecule has 0 saturated carbocycles. The topological polar surface area (TPSA) is 162 Å². The normalized spacial score (nSPS) is 22.0. The molecule has 0 aliphatic carbocycles. The molecule has 3 rings (SSSR count). The molecule has 3 atom stereocenters. The van der Waals surface area contributed by atoms with Crippen molar-refractivity contribution in [2.75, 3.05) is 25.9 Å². The first kappa shape index (κ1) is 23.2. The van der Waals surface area contributed by atoms with Crippen LogP contribution in [0.4, 0.5) is 4.79 Å². The zero-order valence-corrected chi connectivity index (χ0v) is 18.2. The van der Waals surface area contributed by atoms with Gasteiger partial charge in [-0.15, -0.1) is 0 Å². The van der Waals surface area contributed by atoms with Gasteiger partial charge in [0.1, 0.15) is 12.1 Å². The fourth-order valence-electron chi connectivity index (χ4n) is 3.40. The van der Waals surface area contributed by atoms with Crippen LogP contribution in [0.1, 0.15) is 18.5 Å². The van der Waals surface area contributed by atoms with Crippen LogP contribution in [0.25, 0.3) is 0 Å². The van der Waals surface area contributed by atoms with E-state index >= 15 is 0 Å². The lowest BCUT2D eigenvalue weighted by molar-refractivity contribution is -0.153. The number of rotatable bonds is 6. The van der Waals surface area contributed by atoms with Crippen molar-refractivity contribution in [3.8, 4) is 0 Å². The minimum Gasteiger partial charge on any atom is -0.340 e. The summed E-state index contributed by atoms with van der Waals surface area (Å²) >= 11 is 0. The number of carbonyl (C=O) groups is 5. The van der Waals surface area contributed by atoms with Crippen LogP contribution in [-0.2, 0) is 29.0 Å². The molecule has 172 valence electrons. The van der Waals surface area contributed by atoms with Gasteiger partial charge in [0.2, 0.25) is 11.8 Å². The molecule has 3 N–H and O–H groups in total. The number of nitrogens with one attached hydrogen (secondary N) is 3. The highest BCUT2D eigenvalue weighted by atomic mass is 32.2. The van der Waals surface area contributed by atoms with Gasteiger partial charge in [-0.05, 0) is 12.5 Å². The predicted octanol–water partition coefficient (Wildman–Crippen LogP) is -1.89. The van der Waals surface area contributed by atoms with E-state index in [0.29, 0.717) is 17.0 Å². The van der Waals surface area contributed by atoms with E-state index in [9.17, 15) is 32.4 Å². The maximum atomic E-state index is 12.9. The van der Waals surface area contributed by atoms with Crippen LogP contribution in [0.3, 0.4) is 0 Å². The molecule has 6 amide bonds. The molecule has 1 aromatic rings. The summed E-state index contributed by atoms with van der Waals surface area (Å²) in [5, 5.41) is 5.67. The molecule has 13 heteroatoms. The lowest BCUT2D eigenvalue weighted by atomic mass is 10.0. The molecule has 0 bridgehead atoms. The fraction of sp³-hybridized carbons (Fsp3) is 0.421. The molecule has 2 saturated heterocycles. The quantitative estimate of drug-likeness (QED) is 0.327. The number of amides is 6. The summed E-state index contributed by atoms with van der Waals surface area (Å²) < 4.78 is 23.6. The third kappa shape index (κ3) is 4.56. The van der Waals surface area contributed by atoms with Gasteiger partial charge in [0.05, 0.1) is 0 Å². The summed E-state index contributed by atoms with van der Waals surface area (Å²) in [4.78, 5) is 63.9. The van der Waals surface area contributed by atoms with Crippen molar-refractivity contribution in [2.24, 2.45) is 0 Å². The monoisotopic (exact) mass is 465 g/mol. The maximum Gasteiger partial charge on any atom is 0.325 e. The van der Waals surface area contributed by atoms with Gasteiger partial charge in [-0.1, -0.05) is 30.3 Å². The Hall–Kier alpha value is -3.48. The van der Waals surface area contributed by atoms with Gasteiger partial charge in [-0.25, -0.2) is 13.2 Å². The second-order valence-corrected chi connectivity index (χ2v) is 9.55. The number of urea groups is 1. The summed E-state index contributed by atoms with van der Waals surface area (Å²) in [6, 6.07) is 4.38. The first-order chi connectivity index (χ1) is 15.0. The molecule has 1 unspecified atom stereocenters. The van der Waals surface area contributed by atoms with Crippen molar-refractivity contribution in [1.29, 1.82) is 0 Å². The van der Waals surface area contributed by atoms with Crippen LogP contribution >= 0.6 is 0 Å². The van der Waals surface area contributed by atoms with Crippen LogP contribution in [0.5, 0.6) is 0 Å². The summed E-state index contributed by atoms with van der Waals surface area (Å²) in [7, 11) is -3.67. The maximum absolute atomic E-state index is 12.9. The molecule has 12 nitrogen and oxygen atoms in total. The van der Waals surface area contributed by atoms with Gasteiger partial charge in [-0.2, -0.15) is 0 Å². The molecule has 0 spiro atoms. The van der Waals surface area contributed by atoms with Crippen LogP contribution in [0, 0.1) is 0 Å². The average Bonchev–Trinajstić information content (AvgIpc) is 2.75. The van der Waals surface area contributed by atoms with Crippen LogP contribution in [-0.4, -0.2) is 85.2 Å². The van der Waals surface area contributed by atoms with Gasteiger partial charge in [-0.3, -0.25) is 24.1 Å². The van der Waals surface area contributed by atoms with E-state index < -0.39 is 57.0 Å². The molecular formula is C19H23N5O7S. The Labute approximate surface area is 184 Å². The van der Waals surface area contributed by atoms with Crippen LogP contribution in [0.2, 0.25) is 0 Å². The Bertz CT molecular complexity index is 1060. The van der Waals surface area contributed by atoms with Crippen molar-refractivity contribution >= 4 is 39.5 Å². The van der Waals surface area contributed by atoms with Gasteiger partial charge in [0.15, 0.2) is 15.2 Å². The first-order valence-electron chi connectivity index (χ1n) is 9.80. The standard InChI is InChI=1S/C19H23N5O7S/c1-3-23-9-10-24(18(28)17(23)27)19(29)21-12(11-7-5-4-6-8-11)14(25)20-13-15(26)22-16(13)32(2,30)31/h4-8,12-13,16H,3,9-10H2,1-2H3,(H,20,25)(H,21,29)(H,22,26)/t12?,13-,16-/m1/s1. The summed E-state index contributed by atoms with van der Waals surface area (Å²) in [5.74, 6) is -3.36. The second kappa shape index (κ2) is 8.94. The molecule has 2 aliphatic rings. The molecule has 2 heterocycles. The summed E-state index contributed by atoms with van der Waals surface area (Å²) in [5.41, 5.74) is 0.333. The highest BCUT2D eigenvalue weighted by molar-refractivity contribution is 7.91. The van der Waals surface area contributed by atoms with E-state index in [2.05, 4.69) is 16.0 Å². The van der Waals surface area contributed by atoms with Crippen LogP contribution in [0.15, 0.2) is 30.3 Å². The van der Waals surface area contributed by atoms with E-state index in [4.69, 9.17) is 0 Å². The minimum absolute atomic E-state index is 0.0471. The first-order valence-corrected chi connectivity index (χ1v) is 11.8. The SMILES string of the molecule is CCN1CCN(C(=O)NC(C(=O)N[C@@H]2C(=O)N[C@@H]2S(C)(=O)=O)c2ccccc2)C(=O)C1=O. The lowest BCUT2D eigenvalue weighted by Crippen LogP contribution is -2.72. The average molecular weight is 465 g/mol. The van der Waals surface area contributed by atoms with E-state index in [1.165, 1.54) is 4.90 Å². The van der Waals surface area contributed by atoms with E-state index in [1.54, 1.807) is 37.3 Å². The zero-order chi connectivity index (χ0) is 23.6. The Balaban J connectivity index is 1.79. The number of likely N-dealkylation sites (N-methyl/N-ethyl adjacent to an activating group) is 1. The largest absolute Gasteiger partial charge is 0.340 e. The number of benzene rings is 1. The summed E-state index contributed by atoms with van der Waals surface area (Å²) in [6.07, 6.45) is 0.922. The van der Waals surface area contributed by atoms with Crippen molar-refractivity contribution in [3.05, 3.63) is 35.9 Å². The summed E-state index contributed by atoms with van der Waals surface area (Å²) in [6.45, 7) is 2.14. The Morgan fingerprint density at radius 2 is 1.78 bits per heavy atom. The number of carbonyl (C=O) groups excluding carboxylic acids is 5. The van der Waals surface area contributed by atoms with Gasteiger partial charge < -0.3 is 20.9 Å². The predicted molar refractivity (Wildman–Crippen MR) is 110 cm³/mol. The van der Waals surface area contributed by atoms with Crippen molar-refractivity contribution in [1.82, 2.24) is 25.8 Å². The highest BCUT2D eigenvalue weighted by Gasteiger charge is 2.47. The Morgan fingerprint density at radius 3 is 2.34 bits per heavy atom. The molecule has 2 fully saturated rings. The molecule has 32 heavy (non-hydrogen) atoms. The van der Waals surface area contributed by atoms with E-state index in [1.807, 2.05) is 0 Å².